The molecule has 0 saturated heterocycles. The highest BCUT2D eigenvalue weighted by atomic mass is 19.1. The third-order valence-electron chi connectivity index (χ3n) is 2.50. The van der Waals surface area contributed by atoms with E-state index in [-0.39, 0.29) is 12.5 Å². The van der Waals surface area contributed by atoms with Gasteiger partial charge in [-0.1, -0.05) is 33.6 Å². The molecule has 68 valence electrons. The first-order valence-electron chi connectivity index (χ1n) is 4.49. The molecule has 1 nitrogen and oxygen atoms in total. The van der Waals surface area contributed by atoms with E-state index in [4.69, 9.17) is 5.73 Å². The topological polar surface area (TPSA) is 26.0 Å². The summed E-state index contributed by atoms with van der Waals surface area (Å²) >= 11 is 0. The number of halogens is 1. The Morgan fingerprint density at radius 3 is 2.27 bits per heavy atom. The molecule has 2 N–H and O–H groups in total. The van der Waals surface area contributed by atoms with Crippen molar-refractivity contribution in [2.45, 2.75) is 45.7 Å². The lowest BCUT2D eigenvalue weighted by Gasteiger charge is -2.29. The molecule has 0 aromatic heterocycles. The smallest absolute Gasteiger partial charge is 0.125 e. The van der Waals surface area contributed by atoms with E-state index in [0.29, 0.717) is 6.42 Å². The second kappa shape index (κ2) is 4.70. The molecule has 0 aromatic rings. The molecule has 0 rings (SSSR count). The standard InChI is InChI=1S/C9H20FN/c1-4-6-9(10,7-11)8(3)5-2/h8H,4-7,11H2,1-3H3. The fourth-order valence-corrected chi connectivity index (χ4v) is 1.33. The summed E-state index contributed by atoms with van der Waals surface area (Å²) < 4.78 is 13.8. The summed E-state index contributed by atoms with van der Waals surface area (Å²) in [5.74, 6) is 0.0902. The van der Waals surface area contributed by atoms with Crippen LogP contribution in [-0.2, 0) is 0 Å². The van der Waals surface area contributed by atoms with E-state index in [1.54, 1.807) is 0 Å². The molecular weight excluding hydrogens is 141 g/mol. The third kappa shape index (κ3) is 2.78. The summed E-state index contributed by atoms with van der Waals surface area (Å²) in [5.41, 5.74) is 4.27. The van der Waals surface area contributed by atoms with Gasteiger partial charge in [0.25, 0.3) is 0 Å². The SMILES string of the molecule is CCCC(F)(CN)C(C)CC. The summed E-state index contributed by atoms with van der Waals surface area (Å²) in [6, 6.07) is 0. The Kier molecular flexibility index (Phi) is 4.66. The van der Waals surface area contributed by atoms with Gasteiger partial charge in [0.15, 0.2) is 0 Å². The summed E-state index contributed by atoms with van der Waals surface area (Å²) in [4.78, 5) is 0. The van der Waals surface area contributed by atoms with Gasteiger partial charge in [-0.15, -0.1) is 0 Å². The normalized spacial score (nSPS) is 19.4. The van der Waals surface area contributed by atoms with Crippen LogP contribution in [0, 0.1) is 5.92 Å². The summed E-state index contributed by atoms with van der Waals surface area (Å²) in [7, 11) is 0. The van der Waals surface area contributed by atoms with Crippen LogP contribution in [0.3, 0.4) is 0 Å². The van der Waals surface area contributed by atoms with Gasteiger partial charge >= 0.3 is 0 Å². The molecule has 2 atom stereocenters. The molecule has 0 aliphatic heterocycles. The Hall–Kier alpha value is -0.110. The van der Waals surface area contributed by atoms with Crippen LogP contribution in [0.5, 0.6) is 0 Å². The van der Waals surface area contributed by atoms with E-state index in [1.807, 2.05) is 20.8 Å². The molecule has 2 heteroatoms. The van der Waals surface area contributed by atoms with Crippen molar-refractivity contribution in [2.24, 2.45) is 11.7 Å². The average molecular weight is 161 g/mol. The first kappa shape index (κ1) is 10.9. The van der Waals surface area contributed by atoms with Gasteiger partial charge in [-0.2, -0.15) is 0 Å². The Morgan fingerprint density at radius 2 is 2.00 bits per heavy atom. The van der Waals surface area contributed by atoms with Crippen molar-refractivity contribution in [1.29, 1.82) is 0 Å². The predicted octanol–water partition coefficient (Wildman–Crippen LogP) is 2.50. The second-order valence-corrected chi connectivity index (χ2v) is 3.30. The first-order valence-corrected chi connectivity index (χ1v) is 4.49. The molecule has 0 aliphatic rings. The zero-order valence-corrected chi connectivity index (χ0v) is 7.86. The molecule has 0 fully saturated rings. The lowest BCUT2D eigenvalue weighted by molar-refractivity contribution is 0.0857. The highest BCUT2D eigenvalue weighted by Gasteiger charge is 2.32. The van der Waals surface area contributed by atoms with Gasteiger partial charge in [-0.05, 0) is 12.3 Å². The Morgan fingerprint density at radius 1 is 1.45 bits per heavy atom. The second-order valence-electron chi connectivity index (χ2n) is 3.30. The predicted molar refractivity (Wildman–Crippen MR) is 47.3 cm³/mol. The van der Waals surface area contributed by atoms with E-state index in [9.17, 15) is 4.39 Å². The highest BCUT2D eigenvalue weighted by Crippen LogP contribution is 2.28. The van der Waals surface area contributed by atoms with Crippen molar-refractivity contribution in [3.8, 4) is 0 Å². The van der Waals surface area contributed by atoms with Crippen LogP contribution in [0.4, 0.5) is 4.39 Å². The highest BCUT2D eigenvalue weighted by molar-refractivity contribution is 4.84. The maximum atomic E-state index is 13.8. The number of hydrogen-bond donors (Lipinski definition) is 1. The molecule has 0 aromatic carbocycles. The molecule has 0 saturated carbocycles. The van der Waals surface area contributed by atoms with Gasteiger partial charge in [-0.25, -0.2) is 4.39 Å². The van der Waals surface area contributed by atoms with Gasteiger partial charge in [0.2, 0.25) is 0 Å². The van der Waals surface area contributed by atoms with Crippen molar-refractivity contribution in [1.82, 2.24) is 0 Å². The van der Waals surface area contributed by atoms with Gasteiger partial charge < -0.3 is 5.73 Å². The fourth-order valence-electron chi connectivity index (χ4n) is 1.33. The van der Waals surface area contributed by atoms with Gasteiger partial charge in [0.1, 0.15) is 5.67 Å². The van der Waals surface area contributed by atoms with Gasteiger partial charge in [0.05, 0.1) is 0 Å². The summed E-state index contributed by atoms with van der Waals surface area (Å²) in [6.07, 6.45) is 2.34. The average Bonchev–Trinajstić information content (AvgIpc) is 2.03. The van der Waals surface area contributed by atoms with Crippen LogP contribution < -0.4 is 5.73 Å². The molecule has 0 amide bonds. The Labute approximate surface area is 69.2 Å². The minimum Gasteiger partial charge on any atom is -0.328 e. The zero-order valence-electron chi connectivity index (χ0n) is 7.86. The van der Waals surface area contributed by atoms with E-state index in [2.05, 4.69) is 0 Å². The number of nitrogens with two attached hydrogens (primary N) is 1. The summed E-state index contributed by atoms with van der Waals surface area (Å²) in [6.45, 7) is 6.09. The maximum Gasteiger partial charge on any atom is 0.125 e. The minimum absolute atomic E-state index is 0.0902. The van der Waals surface area contributed by atoms with E-state index >= 15 is 0 Å². The van der Waals surface area contributed by atoms with Crippen LogP contribution in [0.25, 0.3) is 0 Å². The van der Waals surface area contributed by atoms with Crippen LogP contribution in [0.2, 0.25) is 0 Å². The minimum atomic E-state index is -1.12. The number of alkyl halides is 1. The van der Waals surface area contributed by atoms with Crippen molar-refractivity contribution >= 4 is 0 Å². The van der Waals surface area contributed by atoms with Crippen molar-refractivity contribution < 1.29 is 4.39 Å². The van der Waals surface area contributed by atoms with Crippen LogP contribution >= 0.6 is 0 Å². The number of hydrogen-bond acceptors (Lipinski definition) is 1. The Bertz CT molecular complexity index is 106. The van der Waals surface area contributed by atoms with E-state index in [1.165, 1.54) is 0 Å². The number of rotatable bonds is 5. The molecule has 0 radical (unpaired) electrons. The zero-order chi connectivity index (χ0) is 8.91. The lowest BCUT2D eigenvalue weighted by atomic mass is 9.85. The first-order chi connectivity index (χ1) is 5.10. The third-order valence-corrected chi connectivity index (χ3v) is 2.50. The van der Waals surface area contributed by atoms with Crippen LogP contribution in [0.1, 0.15) is 40.0 Å². The van der Waals surface area contributed by atoms with Crippen LogP contribution in [0.15, 0.2) is 0 Å². The lowest BCUT2D eigenvalue weighted by Crippen LogP contribution is -2.39. The molecule has 0 bridgehead atoms. The molecule has 0 spiro atoms. The Balaban J connectivity index is 4.07. The van der Waals surface area contributed by atoms with Crippen molar-refractivity contribution in [2.75, 3.05) is 6.54 Å². The van der Waals surface area contributed by atoms with E-state index in [0.717, 1.165) is 12.8 Å². The quantitative estimate of drug-likeness (QED) is 0.658. The largest absolute Gasteiger partial charge is 0.328 e. The van der Waals surface area contributed by atoms with Gasteiger partial charge in [-0.3, -0.25) is 0 Å². The fraction of sp³-hybridized carbons (Fsp3) is 1.00. The van der Waals surface area contributed by atoms with E-state index < -0.39 is 5.67 Å². The van der Waals surface area contributed by atoms with Crippen LogP contribution in [-0.4, -0.2) is 12.2 Å². The summed E-state index contributed by atoms with van der Waals surface area (Å²) in [5, 5.41) is 0. The molecule has 2 unspecified atom stereocenters. The van der Waals surface area contributed by atoms with Crippen molar-refractivity contribution in [3.05, 3.63) is 0 Å². The maximum absolute atomic E-state index is 13.8. The molecule has 11 heavy (non-hydrogen) atoms. The molecular formula is C9H20FN. The molecule has 0 aliphatic carbocycles. The monoisotopic (exact) mass is 161 g/mol. The molecule has 0 heterocycles. The van der Waals surface area contributed by atoms with Crippen molar-refractivity contribution in [3.63, 3.8) is 0 Å². The van der Waals surface area contributed by atoms with Gasteiger partial charge in [0, 0.05) is 6.54 Å².